The second kappa shape index (κ2) is 8.24. The van der Waals surface area contributed by atoms with E-state index < -0.39 is 18.8 Å². The van der Waals surface area contributed by atoms with Crippen molar-refractivity contribution in [2.75, 3.05) is 49.1 Å². The fourth-order valence-corrected chi connectivity index (χ4v) is 5.52. The van der Waals surface area contributed by atoms with Crippen molar-refractivity contribution >= 4 is 41.3 Å². The Morgan fingerprint density at radius 3 is 2.50 bits per heavy atom. The molecule has 1 spiro atoms. The average Bonchev–Trinajstić information content (AvgIpc) is 3.56. The lowest BCUT2D eigenvalue weighted by Gasteiger charge is -2.42. The number of hydrogen-bond acceptors (Lipinski definition) is 7. The van der Waals surface area contributed by atoms with Crippen LogP contribution in [-0.2, 0) is 4.57 Å². The van der Waals surface area contributed by atoms with E-state index in [2.05, 4.69) is 25.5 Å². The minimum absolute atomic E-state index is 0.0645. The monoisotopic (exact) mass is 485 g/mol. The first-order valence-electron chi connectivity index (χ1n) is 11.0. The molecule has 1 aliphatic heterocycles. The Kier molecular flexibility index (Phi) is 5.47. The molecule has 2 aliphatic rings. The Labute approximate surface area is 196 Å². The smallest absolute Gasteiger partial charge is 0.229 e. The molecule has 0 bridgehead atoms. The lowest BCUT2D eigenvalue weighted by molar-refractivity contribution is 0.371. The van der Waals surface area contributed by atoms with Gasteiger partial charge in [-0.05, 0) is 38.3 Å². The molecule has 1 aliphatic carbocycles. The maximum atomic E-state index is 14.6. The quantitative estimate of drug-likeness (QED) is 0.451. The van der Waals surface area contributed by atoms with Gasteiger partial charge in [0, 0.05) is 35.9 Å². The third-order valence-electron chi connectivity index (χ3n) is 6.32. The van der Waals surface area contributed by atoms with Gasteiger partial charge in [-0.25, -0.2) is 13.8 Å². The number of para-hydroxylation sites is 1. The van der Waals surface area contributed by atoms with Crippen LogP contribution in [0.2, 0.25) is 0 Å². The van der Waals surface area contributed by atoms with Crippen molar-refractivity contribution < 1.29 is 18.1 Å². The first kappa shape index (κ1) is 22.6. The van der Waals surface area contributed by atoms with Crippen molar-refractivity contribution in [3.8, 4) is 5.75 Å². The molecule has 0 amide bonds. The summed E-state index contributed by atoms with van der Waals surface area (Å²) in [5, 5.41) is 6.48. The van der Waals surface area contributed by atoms with Gasteiger partial charge in [0.1, 0.15) is 13.0 Å². The normalized spacial score (nSPS) is 16.2. The molecule has 0 radical (unpaired) electrons. The molecule has 1 saturated carbocycles. The molecule has 1 saturated heterocycles. The number of nitrogens with zero attached hydrogens (tertiary/aromatic N) is 3. The molecule has 178 valence electrons. The zero-order chi connectivity index (χ0) is 24.1. The van der Waals surface area contributed by atoms with Crippen molar-refractivity contribution in [1.82, 2.24) is 9.97 Å². The average molecular weight is 485 g/mol. The molecular weight excluding hydrogens is 459 g/mol. The molecule has 34 heavy (non-hydrogen) atoms. The summed E-state index contributed by atoms with van der Waals surface area (Å²) < 4.78 is 47.3. The summed E-state index contributed by atoms with van der Waals surface area (Å²) in [5.74, 6) is -0.652. The van der Waals surface area contributed by atoms with Gasteiger partial charge in [-0.1, -0.05) is 12.1 Å². The van der Waals surface area contributed by atoms with E-state index in [1.54, 1.807) is 37.6 Å². The van der Waals surface area contributed by atoms with E-state index in [0.717, 1.165) is 19.3 Å². The van der Waals surface area contributed by atoms with Crippen LogP contribution in [0, 0.1) is 17.0 Å². The topological polar surface area (TPSA) is 79.4 Å². The second-order valence-electron chi connectivity index (χ2n) is 9.37. The zero-order valence-corrected chi connectivity index (χ0v) is 20.1. The van der Waals surface area contributed by atoms with Crippen LogP contribution in [0.1, 0.15) is 12.8 Å². The first-order chi connectivity index (χ1) is 16.2. The fourth-order valence-electron chi connectivity index (χ4n) is 4.36. The van der Waals surface area contributed by atoms with Crippen molar-refractivity contribution in [2.45, 2.75) is 12.8 Å². The van der Waals surface area contributed by atoms with Crippen molar-refractivity contribution in [3.05, 3.63) is 54.2 Å². The summed E-state index contributed by atoms with van der Waals surface area (Å²) in [4.78, 5) is 10.4. The largest absolute Gasteiger partial charge is 0.492 e. The molecule has 10 heteroatoms. The molecule has 2 fully saturated rings. The van der Waals surface area contributed by atoms with Crippen LogP contribution < -0.4 is 25.6 Å². The molecule has 0 atom stereocenters. The van der Waals surface area contributed by atoms with Crippen LogP contribution in [-0.4, -0.2) is 43.5 Å². The van der Waals surface area contributed by atoms with Crippen LogP contribution in [0.15, 0.2) is 42.6 Å². The highest BCUT2D eigenvalue weighted by atomic mass is 31.2. The molecule has 0 unspecified atom stereocenters. The number of aromatic nitrogens is 2. The number of benzene rings is 2. The van der Waals surface area contributed by atoms with E-state index >= 15 is 0 Å². The summed E-state index contributed by atoms with van der Waals surface area (Å²) in [6.07, 6.45) is 3.44. The summed E-state index contributed by atoms with van der Waals surface area (Å²) in [7, 11) is -1.09. The predicted molar refractivity (Wildman–Crippen MR) is 131 cm³/mol. The zero-order valence-electron chi connectivity index (χ0n) is 19.2. The van der Waals surface area contributed by atoms with E-state index in [4.69, 9.17) is 4.74 Å². The van der Waals surface area contributed by atoms with Gasteiger partial charge < -0.3 is 24.8 Å². The van der Waals surface area contributed by atoms with E-state index in [9.17, 15) is 13.3 Å². The number of anilines is 5. The van der Waals surface area contributed by atoms with E-state index in [1.807, 2.05) is 0 Å². The van der Waals surface area contributed by atoms with Gasteiger partial charge >= 0.3 is 0 Å². The Morgan fingerprint density at radius 2 is 1.82 bits per heavy atom. The maximum Gasteiger partial charge on any atom is 0.229 e. The maximum absolute atomic E-state index is 14.6. The Hall–Kier alpha value is -3.19. The lowest BCUT2D eigenvalue weighted by atomic mass is 9.95. The Morgan fingerprint density at radius 1 is 1.09 bits per heavy atom. The number of hydrogen-bond donors (Lipinski definition) is 2. The number of halogens is 2. The van der Waals surface area contributed by atoms with Gasteiger partial charge in [0.15, 0.2) is 17.4 Å². The molecule has 2 heterocycles. The minimum Gasteiger partial charge on any atom is -0.492 e. The summed E-state index contributed by atoms with van der Waals surface area (Å²) in [6, 6.07) is 9.76. The minimum atomic E-state index is -2.61. The van der Waals surface area contributed by atoms with Gasteiger partial charge in [-0.3, -0.25) is 0 Å². The Balaban J connectivity index is 1.44. The second-order valence-corrected chi connectivity index (χ2v) is 12.6. The van der Waals surface area contributed by atoms with Crippen LogP contribution in [0.3, 0.4) is 0 Å². The van der Waals surface area contributed by atoms with E-state index in [0.29, 0.717) is 33.5 Å². The Bertz CT molecular complexity index is 1300. The van der Waals surface area contributed by atoms with Crippen LogP contribution in [0.4, 0.5) is 37.6 Å². The van der Waals surface area contributed by atoms with Crippen molar-refractivity contribution in [3.63, 3.8) is 0 Å². The first-order valence-corrected chi connectivity index (χ1v) is 13.6. The molecular formula is C24H26F2N5O2P. The molecule has 5 rings (SSSR count). The van der Waals surface area contributed by atoms with Crippen molar-refractivity contribution in [1.29, 1.82) is 0 Å². The van der Waals surface area contributed by atoms with E-state index in [1.165, 1.54) is 32.1 Å². The van der Waals surface area contributed by atoms with Gasteiger partial charge in [0.05, 0.1) is 30.4 Å². The highest BCUT2D eigenvalue weighted by Crippen LogP contribution is 2.55. The standard InChI is InChI=1S/C24H26F2N5O2P/c1-33-21-18(10-15(25)11-19(21)31-13-24(14-31)8-9-24)29-23-27-12-16(26)22(30-23)28-17-6-4-5-7-20(17)34(2,3)32/h4-7,10-12H,8-9,13-14H2,1-3H3,(H2,27,28,29,30). The van der Waals surface area contributed by atoms with Crippen LogP contribution in [0.25, 0.3) is 0 Å². The summed E-state index contributed by atoms with van der Waals surface area (Å²) in [5.41, 5.74) is 1.90. The van der Waals surface area contributed by atoms with Gasteiger partial charge in [0.25, 0.3) is 0 Å². The summed E-state index contributed by atoms with van der Waals surface area (Å²) >= 11 is 0. The molecule has 7 nitrogen and oxygen atoms in total. The van der Waals surface area contributed by atoms with Gasteiger partial charge in [0.2, 0.25) is 5.95 Å². The molecule has 3 aromatic rings. The predicted octanol–water partition coefficient (Wildman–Crippen LogP) is 5.10. The molecule has 1 aromatic heterocycles. The van der Waals surface area contributed by atoms with Gasteiger partial charge in [-0.15, -0.1) is 0 Å². The third kappa shape index (κ3) is 4.32. The number of rotatable bonds is 7. The molecule has 2 N–H and O–H groups in total. The lowest BCUT2D eigenvalue weighted by Crippen LogP contribution is -2.48. The molecule has 2 aromatic carbocycles. The fraction of sp³-hybridized carbons (Fsp3) is 0.333. The number of methoxy groups -OCH3 is 1. The summed E-state index contributed by atoms with van der Waals surface area (Å²) in [6.45, 7) is 5.05. The van der Waals surface area contributed by atoms with Crippen LogP contribution >= 0.6 is 7.14 Å². The number of nitrogens with one attached hydrogen (secondary N) is 2. The SMILES string of the molecule is COc1c(Nc2ncc(F)c(Nc3ccccc3P(C)(C)=O)n2)cc(F)cc1N1CC2(CC2)C1. The van der Waals surface area contributed by atoms with E-state index in [-0.39, 0.29) is 11.8 Å². The highest BCUT2D eigenvalue weighted by molar-refractivity contribution is 7.70. The third-order valence-corrected chi connectivity index (χ3v) is 7.87. The van der Waals surface area contributed by atoms with Crippen LogP contribution in [0.5, 0.6) is 5.75 Å². The highest BCUT2D eigenvalue weighted by Gasteiger charge is 2.52. The van der Waals surface area contributed by atoms with Gasteiger partial charge in [-0.2, -0.15) is 4.98 Å². The number of ether oxygens (including phenoxy) is 1. The van der Waals surface area contributed by atoms with Crippen molar-refractivity contribution in [2.24, 2.45) is 5.41 Å².